The van der Waals surface area contributed by atoms with Crippen molar-refractivity contribution in [3.8, 4) is 0 Å². The number of pyridine rings is 1. The molecule has 6 nitrogen and oxygen atoms in total. The second-order valence-corrected chi connectivity index (χ2v) is 7.29. The number of nitrogens with one attached hydrogen (secondary N) is 1. The minimum atomic E-state index is -0.0637. The third kappa shape index (κ3) is 3.65. The average Bonchev–Trinajstić information content (AvgIpc) is 2.61. The minimum absolute atomic E-state index is 0.0637. The van der Waals surface area contributed by atoms with Gasteiger partial charge in [0.15, 0.2) is 0 Å². The summed E-state index contributed by atoms with van der Waals surface area (Å²) >= 11 is 0. The number of hydrogen-bond donors (Lipinski definition) is 1. The lowest BCUT2D eigenvalue weighted by Gasteiger charge is -2.40. The Morgan fingerprint density at radius 3 is 2.30 bits per heavy atom. The Morgan fingerprint density at radius 2 is 1.67 bits per heavy atom. The smallest absolute Gasteiger partial charge is 0.321 e. The first-order chi connectivity index (χ1) is 13.1. The molecule has 4 rings (SSSR count). The van der Waals surface area contributed by atoms with Crippen LogP contribution in [-0.4, -0.2) is 52.9 Å². The van der Waals surface area contributed by atoms with Crippen molar-refractivity contribution in [3.63, 3.8) is 0 Å². The summed E-state index contributed by atoms with van der Waals surface area (Å²) in [6, 6.07) is 11.9. The predicted octanol–water partition coefficient (Wildman–Crippen LogP) is 3.05. The van der Waals surface area contributed by atoms with Crippen LogP contribution in [0.5, 0.6) is 0 Å². The van der Waals surface area contributed by atoms with Crippen LogP contribution in [0.4, 0.5) is 10.5 Å². The molecule has 2 aliphatic heterocycles. The SMILES string of the molecule is CCC(=O)N1CC(c2ccc(NC(=O)N3CC(c4cccnc4)C3)cc2)C1. The van der Waals surface area contributed by atoms with Gasteiger partial charge in [-0.05, 0) is 29.3 Å². The van der Waals surface area contributed by atoms with E-state index in [0.29, 0.717) is 18.3 Å². The topological polar surface area (TPSA) is 65.5 Å². The highest BCUT2D eigenvalue weighted by Crippen LogP contribution is 2.29. The predicted molar refractivity (Wildman–Crippen MR) is 104 cm³/mol. The first-order valence-electron chi connectivity index (χ1n) is 9.47. The molecule has 0 saturated carbocycles. The molecule has 0 aliphatic carbocycles. The van der Waals surface area contributed by atoms with Gasteiger partial charge in [-0.1, -0.05) is 25.1 Å². The molecular weight excluding hydrogens is 340 g/mol. The van der Waals surface area contributed by atoms with Crippen LogP contribution >= 0.6 is 0 Å². The van der Waals surface area contributed by atoms with Crippen LogP contribution in [0.25, 0.3) is 0 Å². The van der Waals surface area contributed by atoms with E-state index in [0.717, 1.165) is 31.9 Å². The number of carbonyl (C=O) groups excluding carboxylic acids is 2. The van der Waals surface area contributed by atoms with E-state index in [4.69, 9.17) is 0 Å². The Kier molecular flexibility index (Phi) is 4.79. The van der Waals surface area contributed by atoms with Crippen molar-refractivity contribution in [1.82, 2.24) is 14.8 Å². The number of urea groups is 1. The largest absolute Gasteiger partial charge is 0.341 e. The number of carbonyl (C=O) groups is 2. The molecule has 0 unspecified atom stereocenters. The summed E-state index contributed by atoms with van der Waals surface area (Å²) in [6.07, 6.45) is 4.20. The van der Waals surface area contributed by atoms with Crippen molar-refractivity contribution in [3.05, 3.63) is 59.9 Å². The number of nitrogens with zero attached hydrogens (tertiary/aromatic N) is 3. The van der Waals surface area contributed by atoms with Gasteiger partial charge in [-0.3, -0.25) is 9.78 Å². The van der Waals surface area contributed by atoms with Gasteiger partial charge in [0.05, 0.1) is 0 Å². The number of likely N-dealkylation sites (tertiary alicyclic amines) is 2. The molecule has 1 N–H and O–H groups in total. The van der Waals surface area contributed by atoms with Crippen LogP contribution in [0.3, 0.4) is 0 Å². The van der Waals surface area contributed by atoms with Crippen LogP contribution in [-0.2, 0) is 4.79 Å². The lowest BCUT2D eigenvalue weighted by molar-refractivity contribution is -0.135. The molecule has 0 bridgehead atoms. The van der Waals surface area contributed by atoms with Gasteiger partial charge in [-0.15, -0.1) is 0 Å². The van der Waals surface area contributed by atoms with Crippen LogP contribution in [0.2, 0.25) is 0 Å². The average molecular weight is 364 g/mol. The summed E-state index contributed by atoms with van der Waals surface area (Å²) in [7, 11) is 0. The molecule has 0 atom stereocenters. The van der Waals surface area contributed by atoms with Crippen molar-refractivity contribution in [1.29, 1.82) is 0 Å². The summed E-state index contributed by atoms with van der Waals surface area (Å²) < 4.78 is 0. The quantitative estimate of drug-likeness (QED) is 0.907. The van der Waals surface area contributed by atoms with Crippen molar-refractivity contribution >= 4 is 17.6 Å². The van der Waals surface area contributed by atoms with E-state index in [2.05, 4.69) is 16.4 Å². The van der Waals surface area contributed by atoms with E-state index in [1.54, 1.807) is 6.20 Å². The fraction of sp³-hybridized carbons (Fsp3) is 0.381. The number of amides is 3. The monoisotopic (exact) mass is 364 g/mol. The first kappa shape index (κ1) is 17.5. The molecule has 6 heteroatoms. The number of benzene rings is 1. The van der Waals surface area contributed by atoms with E-state index in [9.17, 15) is 9.59 Å². The molecule has 0 spiro atoms. The van der Waals surface area contributed by atoms with Crippen LogP contribution in [0.1, 0.15) is 36.3 Å². The Bertz CT molecular complexity index is 810. The summed E-state index contributed by atoms with van der Waals surface area (Å²) in [4.78, 5) is 31.8. The van der Waals surface area contributed by atoms with Gasteiger partial charge in [0.1, 0.15) is 0 Å². The molecule has 0 radical (unpaired) electrons. The summed E-state index contributed by atoms with van der Waals surface area (Å²) in [5.41, 5.74) is 3.20. The molecule has 2 aliphatic rings. The fourth-order valence-corrected chi connectivity index (χ4v) is 3.63. The van der Waals surface area contributed by atoms with Crippen LogP contribution < -0.4 is 5.32 Å². The molecule has 3 amide bonds. The van der Waals surface area contributed by atoms with Crippen molar-refractivity contribution in [2.75, 3.05) is 31.5 Å². The molecule has 2 fully saturated rings. The molecule has 27 heavy (non-hydrogen) atoms. The first-order valence-corrected chi connectivity index (χ1v) is 9.47. The number of hydrogen-bond acceptors (Lipinski definition) is 3. The zero-order valence-corrected chi connectivity index (χ0v) is 15.5. The Balaban J connectivity index is 1.26. The summed E-state index contributed by atoms with van der Waals surface area (Å²) in [5.74, 6) is 0.995. The van der Waals surface area contributed by atoms with E-state index < -0.39 is 0 Å². The molecule has 2 saturated heterocycles. The molecule has 140 valence electrons. The third-order valence-electron chi connectivity index (χ3n) is 5.49. The van der Waals surface area contributed by atoms with Gasteiger partial charge in [0.25, 0.3) is 0 Å². The third-order valence-corrected chi connectivity index (χ3v) is 5.49. The van der Waals surface area contributed by atoms with E-state index in [1.807, 2.05) is 53.3 Å². The van der Waals surface area contributed by atoms with Crippen LogP contribution in [0, 0.1) is 0 Å². The second kappa shape index (κ2) is 7.39. The Labute approximate surface area is 159 Å². The van der Waals surface area contributed by atoms with Gasteiger partial charge in [-0.25, -0.2) is 4.79 Å². The zero-order chi connectivity index (χ0) is 18.8. The highest BCUT2D eigenvalue weighted by Gasteiger charge is 2.32. The lowest BCUT2D eigenvalue weighted by atomic mass is 9.91. The van der Waals surface area contributed by atoms with Gasteiger partial charge in [0.2, 0.25) is 5.91 Å². The van der Waals surface area contributed by atoms with E-state index in [1.165, 1.54) is 11.1 Å². The standard InChI is InChI=1S/C21H24N4O2/c1-2-20(26)24-11-17(12-24)15-5-7-19(8-6-15)23-21(27)25-13-18(14-25)16-4-3-9-22-10-16/h3-10,17-18H,2,11-14H2,1H3,(H,23,27). The number of aromatic nitrogens is 1. The molecular formula is C21H24N4O2. The van der Waals surface area contributed by atoms with E-state index in [-0.39, 0.29) is 11.9 Å². The molecule has 2 aromatic rings. The minimum Gasteiger partial charge on any atom is -0.341 e. The highest BCUT2D eigenvalue weighted by atomic mass is 16.2. The molecule has 3 heterocycles. The summed E-state index contributed by atoms with van der Waals surface area (Å²) in [5, 5.41) is 2.96. The molecule has 1 aromatic heterocycles. The Morgan fingerprint density at radius 1 is 1.00 bits per heavy atom. The van der Waals surface area contributed by atoms with Crippen LogP contribution in [0.15, 0.2) is 48.8 Å². The van der Waals surface area contributed by atoms with Crippen molar-refractivity contribution < 1.29 is 9.59 Å². The maximum atomic E-state index is 12.4. The molecule has 1 aromatic carbocycles. The fourth-order valence-electron chi connectivity index (χ4n) is 3.63. The van der Waals surface area contributed by atoms with Gasteiger partial charge in [0, 0.05) is 62.5 Å². The van der Waals surface area contributed by atoms with Crippen molar-refractivity contribution in [2.45, 2.75) is 25.2 Å². The normalized spacial score (nSPS) is 17.2. The maximum absolute atomic E-state index is 12.4. The van der Waals surface area contributed by atoms with E-state index >= 15 is 0 Å². The number of anilines is 1. The Hall–Kier alpha value is -2.89. The summed E-state index contributed by atoms with van der Waals surface area (Å²) in [6.45, 7) is 4.92. The second-order valence-electron chi connectivity index (χ2n) is 7.29. The van der Waals surface area contributed by atoms with Gasteiger partial charge < -0.3 is 15.1 Å². The maximum Gasteiger partial charge on any atom is 0.321 e. The lowest BCUT2D eigenvalue weighted by Crippen LogP contribution is -2.50. The van der Waals surface area contributed by atoms with Gasteiger partial charge in [-0.2, -0.15) is 0 Å². The number of rotatable bonds is 4. The highest BCUT2D eigenvalue weighted by molar-refractivity contribution is 5.90. The van der Waals surface area contributed by atoms with Gasteiger partial charge >= 0.3 is 6.03 Å². The zero-order valence-electron chi connectivity index (χ0n) is 15.5. The van der Waals surface area contributed by atoms with Crippen molar-refractivity contribution in [2.24, 2.45) is 0 Å².